The van der Waals surface area contributed by atoms with Gasteiger partial charge in [-0.1, -0.05) is 85.8 Å². The fraction of sp³-hybridized carbons (Fsp3) is 0.261. The molecule has 263 valence electrons. The van der Waals surface area contributed by atoms with Crippen molar-refractivity contribution in [2.75, 3.05) is 0 Å². The molecule has 0 N–H and O–H groups in total. The molecule has 51 heavy (non-hydrogen) atoms. The van der Waals surface area contributed by atoms with E-state index in [1.807, 2.05) is 86.8 Å². The van der Waals surface area contributed by atoms with Crippen LogP contribution >= 0.6 is 0 Å². The van der Waals surface area contributed by atoms with E-state index < -0.39 is 37.8 Å². The van der Waals surface area contributed by atoms with E-state index in [0.29, 0.717) is 16.8 Å². The summed E-state index contributed by atoms with van der Waals surface area (Å²) in [6.45, 7) is 6.57. The molecule has 7 aromatic rings. The fourth-order valence-electron chi connectivity index (χ4n) is 5.76. The molecular formula is C46H48GeIrN2O-2. The quantitative estimate of drug-likeness (QED) is 0.123. The number of hydrogen-bond donors (Lipinski definition) is 0. The van der Waals surface area contributed by atoms with Crippen molar-refractivity contribution >= 4 is 39.6 Å². The van der Waals surface area contributed by atoms with E-state index in [9.17, 15) is 0 Å². The molecule has 0 amide bonds. The third-order valence-electron chi connectivity index (χ3n) is 8.49. The second kappa shape index (κ2) is 15.8. The molecule has 0 saturated carbocycles. The van der Waals surface area contributed by atoms with E-state index in [1.165, 1.54) is 10.6 Å². The average molecular weight is 916 g/mol. The molecule has 7 rings (SSSR count). The number of furan rings is 1. The molecule has 0 atom stereocenters. The van der Waals surface area contributed by atoms with E-state index in [1.54, 1.807) is 32.9 Å². The molecule has 5 heteroatoms. The molecule has 3 nitrogen and oxygen atoms in total. The van der Waals surface area contributed by atoms with E-state index in [0.717, 1.165) is 44.3 Å². The van der Waals surface area contributed by atoms with Crippen LogP contribution in [0.5, 0.6) is 0 Å². The number of pyridine rings is 2. The van der Waals surface area contributed by atoms with Gasteiger partial charge < -0.3 is 9.40 Å². The number of rotatable bonds is 6. The molecule has 3 heterocycles. The number of benzene rings is 4. The summed E-state index contributed by atoms with van der Waals surface area (Å²) in [6, 6.07) is 38.0. The maximum absolute atomic E-state index is 8.81. The van der Waals surface area contributed by atoms with Gasteiger partial charge in [-0.2, -0.15) is 0 Å². The molecule has 0 bridgehead atoms. The van der Waals surface area contributed by atoms with Gasteiger partial charge in [0.05, 0.1) is 5.58 Å². The Morgan fingerprint density at radius 1 is 0.824 bits per heavy atom. The molecule has 0 saturated heterocycles. The molecule has 0 spiro atoms. The number of hydrogen-bond acceptors (Lipinski definition) is 3. The molecule has 1 radical (unpaired) electrons. The second-order valence-corrected chi connectivity index (χ2v) is 25.6. The molecule has 0 aliphatic carbocycles. The Morgan fingerprint density at radius 2 is 1.57 bits per heavy atom. The number of fused-ring (bicyclic) bond motifs is 3. The maximum Gasteiger partial charge on any atom is 0.121 e. The molecule has 3 aromatic heterocycles. The topological polar surface area (TPSA) is 38.9 Å². The summed E-state index contributed by atoms with van der Waals surface area (Å²) in [4.78, 5) is 9.03. The van der Waals surface area contributed by atoms with Gasteiger partial charge in [-0.3, -0.25) is 0 Å². The third-order valence-corrected chi connectivity index (χ3v) is 12.7. The maximum atomic E-state index is 8.81. The van der Waals surface area contributed by atoms with Crippen LogP contribution < -0.4 is 4.40 Å². The van der Waals surface area contributed by atoms with Gasteiger partial charge in [0, 0.05) is 38.5 Å². The molecule has 4 aromatic carbocycles. The van der Waals surface area contributed by atoms with Crippen LogP contribution in [0.25, 0.3) is 55.6 Å². The first-order valence-corrected chi connectivity index (χ1v) is 24.3. The zero-order valence-electron chi connectivity index (χ0n) is 36.5. The van der Waals surface area contributed by atoms with Crippen molar-refractivity contribution in [1.29, 1.82) is 0 Å². The van der Waals surface area contributed by atoms with Crippen molar-refractivity contribution in [2.24, 2.45) is 5.41 Å². The smallest absolute Gasteiger partial charge is 0.121 e. The Balaban J connectivity index is 0.000000251. The van der Waals surface area contributed by atoms with Crippen LogP contribution in [0.3, 0.4) is 0 Å². The Bertz CT molecular complexity index is 2500. The van der Waals surface area contributed by atoms with Crippen LogP contribution in [-0.4, -0.2) is 23.2 Å². The molecule has 0 aliphatic rings. The Hall–Kier alpha value is -3.83. The molecular weight excluding hydrogens is 861 g/mol. The largest absolute Gasteiger partial charge is 0.501 e. The van der Waals surface area contributed by atoms with Gasteiger partial charge in [-0.15, -0.1) is 18.2 Å². The van der Waals surface area contributed by atoms with Crippen LogP contribution in [-0.2, 0) is 26.5 Å². The van der Waals surface area contributed by atoms with Crippen molar-refractivity contribution in [3.8, 4) is 33.6 Å². The van der Waals surface area contributed by atoms with Crippen LogP contribution in [0.15, 0.2) is 114 Å². The molecule has 0 unspecified atom stereocenters. The van der Waals surface area contributed by atoms with E-state index >= 15 is 0 Å². The van der Waals surface area contributed by atoms with Crippen LogP contribution in [0, 0.1) is 24.4 Å². The Kier molecular flexibility index (Phi) is 9.54. The van der Waals surface area contributed by atoms with Crippen LogP contribution in [0.1, 0.15) is 65.4 Å². The molecule has 0 aliphatic heterocycles. The normalized spacial score (nSPS) is 14.2. The third kappa shape index (κ3) is 9.16. The minimum atomic E-state index is -2.50. The van der Waals surface area contributed by atoms with Crippen LogP contribution in [0.2, 0.25) is 17.3 Å². The van der Waals surface area contributed by atoms with E-state index in [4.69, 9.17) is 12.6 Å². The van der Waals surface area contributed by atoms with Gasteiger partial charge in [-0.05, 0) is 47.1 Å². The van der Waals surface area contributed by atoms with E-state index in [2.05, 4.69) is 57.6 Å². The first-order chi connectivity index (χ1) is 26.1. The summed E-state index contributed by atoms with van der Waals surface area (Å²) in [5, 5.41) is 1.84. The van der Waals surface area contributed by atoms with Gasteiger partial charge in [0.25, 0.3) is 0 Å². The number of nitrogens with zero attached hydrogens (tertiary/aromatic N) is 2. The Labute approximate surface area is 329 Å². The van der Waals surface area contributed by atoms with Crippen molar-refractivity contribution < 1.29 is 32.7 Å². The standard InChI is InChI=1S/C29H26NO.C17H22GeN.Ir/c1-19-18-30-26(15-22(19)17-29(2,3)4)25-12-8-11-24-23-14-13-21(16-27(23)31-28(24)25)20-9-6-5-7-10-20;1-13(2)14-7-6-8-15(11-14)17-10-9-16(12-19-17)18(3,4)5;/h5-11,13-16,18H,17H2,1-4H3;6-7,9-13H,1-5H3;/q2*-1;/i1D3,17D2;13D;. The molecule has 0 fully saturated rings. The minimum Gasteiger partial charge on any atom is -0.501 e. The second-order valence-electron chi connectivity index (χ2n) is 14.9. The average Bonchev–Trinajstić information content (AvgIpc) is 3.52. The van der Waals surface area contributed by atoms with Gasteiger partial charge in [0.2, 0.25) is 0 Å². The SMILES string of the molecule is [2H]C(C)(C)c1cc[c-]c(-c2cc[c]([Ge]([CH3])([CH3])[CH3])cn2)c1.[2H]C([2H])([2H])c1cnc(-c2[c-]ccc3c2oc2cc(-c4ccccc4)ccc23)cc1C([2H])([2H])C(C)(C)C.[Ir]. The zero-order valence-corrected chi connectivity index (χ0v) is 35.0. The fourth-order valence-corrected chi connectivity index (χ4v) is 7.94. The van der Waals surface area contributed by atoms with Gasteiger partial charge in [0.1, 0.15) is 5.58 Å². The monoisotopic (exact) mass is 917 g/mol. The predicted molar refractivity (Wildman–Crippen MR) is 215 cm³/mol. The number of aromatic nitrogens is 2. The Morgan fingerprint density at radius 3 is 2.24 bits per heavy atom. The van der Waals surface area contributed by atoms with Crippen LogP contribution in [0.4, 0.5) is 0 Å². The van der Waals surface area contributed by atoms with E-state index in [-0.39, 0.29) is 31.2 Å². The van der Waals surface area contributed by atoms with Gasteiger partial charge >= 0.3 is 120 Å². The summed E-state index contributed by atoms with van der Waals surface area (Å²) in [5.74, 6) is 6.51. The zero-order chi connectivity index (χ0) is 40.8. The summed E-state index contributed by atoms with van der Waals surface area (Å²) in [5.41, 5.74) is 6.47. The summed E-state index contributed by atoms with van der Waals surface area (Å²) in [6.07, 6.45) is 1.37. The van der Waals surface area contributed by atoms with Crippen molar-refractivity contribution in [2.45, 2.75) is 71.0 Å². The summed E-state index contributed by atoms with van der Waals surface area (Å²) >= 11 is -1.79. The first-order valence-electron chi connectivity index (χ1n) is 20.0. The van der Waals surface area contributed by atoms with Gasteiger partial charge in [0.15, 0.2) is 0 Å². The number of aryl methyl sites for hydroxylation is 1. The van der Waals surface area contributed by atoms with Gasteiger partial charge in [-0.25, -0.2) is 0 Å². The summed E-state index contributed by atoms with van der Waals surface area (Å²) < 4.78 is 57.4. The van der Waals surface area contributed by atoms with Crippen molar-refractivity contribution in [1.82, 2.24) is 9.97 Å². The van der Waals surface area contributed by atoms with Crippen molar-refractivity contribution in [3.05, 3.63) is 138 Å². The minimum absolute atomic E-state index is 0. The predicted octanol–water partition coefficient (Wildman–Crippen LogP) is 12.2. The first kappa shape index (κ1) is 30.8. The van der Waals surface area contributed by atoms with Crippen molar-refractivity contribution in [3.63, 3.8) is 0 Å². The summed E-state index contributed by atoms with van der Waals surface area (Å²) in [7, 11) is 0.